The Morgan fingerprint density at radius 1 is 1.50 bits per heavy atom. The highest BCUT2D eigenvalue weighted by molar-refractivity contribution is 9.11. The molecular weight excluding hydrogens is 402 g/mol. The Morgan fingerprint density at radius 3 is 2.67 bits per heavy atom. The van der Waals surface area contributed by atoms with Crippen LogP contribution in [0.25, 0.3) is 0 Å². The van der Waals surface area contributed by atoms with E-state index in [1.54, 1.807) is 10.4 Å². The molecule has 0 aliphatic carbocycles. The first-order valence-corrected chi connectivity index (χ1v) is 9.69. The third-order valence-electron chi connectivity index (χ3n) is 3.26. The van der Waals surface area contributed by atoms with Crippen LogP contribution in [0.15, 0.2) is 14.1 Å². The van der Waals surface area contributed by atoms with Gasteiger partial charge in [0.1, 0.15) is 4.21 Å². The molecule has 2 rings (SSSR count). The molecule has 0 aromatic carbocycles. The number of rotatable bonds is 2. The predicted octanol–water partition coefficient (Wildman–Crippen LogP) is 3.61. The molecule has 1 aliphatic heterocycles. The van der Waals surface area contributed by atoms with Crippen molar-refractivity contribution in [2.24, 2.45) is 5.92 Å². The maximum absolute atomic E-state index is 12.5. The number of nitrogens with zero attached hydrogens (tertiary/aromatic N) is 1. The monoisotopic (exact) mass is 415 g/mol. The molecule has 0 saturated carbocycles. The van der Waals surface area contributed by atoms with E-state index in [4.69, 9.17) is 0 Å². The number of aryl methyl sites for hydroxylation is 1. The third-order valence-corrected chi connectivity index (χ3v) is 8.90. The van der Waals surface area contributed by atoms with E-state index in [9.17, 15) is 8.42 Å². The lowest BCUT2D eigenvalue weighted by Gasteiger charge is -2.32. The van der Waals surface area contributed by atoms with Gasteiger partial charge in [-0.15, -0.1) is 11.3 Å². The van der Waals surface area contributed by atoms with Crippen LogP contribution < -0.4 is 0 Å². The quantitative estimate of drug-likeness (QED) is 0.690. The van der Waals surface area contributed by atoms with Crippen molar-refractivity contribution in [2.75, 3.05) is 13.1 Å². The Bertz CT molecular complexity index is 522. The molecule has 1 fully saturated rings. The van der Waals surface area contributed by atoms with Gasteiger partial charge >= 0.3 is 0 Å². The molecule has 18 heavy (non-hydrogen) atoms. The van der Waals surface area contributed by atoms with Crippen molar-refractivity contribution in [2.45, 2.75) is 29.3 Å². The van der Waals surface area contributed by atoms with E-state index in [1.807, 2.05) is 6.92 Å². The van der Waals surface area contributed by atoms with Crippen molar-refractivity contribution < 1.29 is 8.42 Å². The first-order valence-electron chi connectivity index (χ1n) is 5.72. The molecule has 0 spiro atoms. The SMILES string of the molecule is Cc1cc(S(=O)(=O)N2CCC(C)C(Br)C2)sc1Br. The van der Waals surface area contributed by atoms with Gasteiger partial charge in [0, 0.05) is 17.9 Å². The summed E-state index contributed by atoms with van der Waals surface area (Å²) in [5.41, 5.74) is 0.972. The first kappa shape index (κ1) is 15.0. The zero-order chi connectivity index (χ0) is 13.5. The summed E-state index contributed by atoms with van der Waals surface area (Å²) in [6, 6.07) is 1.74. The smallest absolute Gasteiger partial charge is 0.206 e. The zero-order valence-corrected chi connectivity index (χ0v) is 15.0. The van der Waals surface area contributed by atoms with E-state index in [2.05, 4.69) is 38.8 Å². The van der Waals surface area contributed by atoms with Gasteiger partial charge in [-0.3, -0.25) is 0 Å². The van der Waals surface area contributed by atoms with Gasteiger partial charge < -0.3 is 0 Å². The normalized spacial score (nSPS) is 26.4. The van der Waals surface area contributed by atoms with Crippen LogP contribution >= 0.6 is 43.2 Å². The number of hydrogen-bond donors (Lipinski definition) is 0. The van der Waals surface area contributed by atoms with E-state index in [-0.39, 0.29) is 4.83 Å². The Labute approximate surface area is 129 Å². The first-order chi connectivity index (χ1) is 8.32. The second-order valence-corrected chi connectivity index (χ2v) is 10.4. The summed E-state index contributed by atoms with van der Waals surface area (Å²) in [4.78, 5) is 0.241. The number of alkyl halides is 1. The minimum atomic E-state index is -3.33. The molecule has 0 amide bonds. The maximum Gasteiger partial charge on any atom is 0.252 e. The molecule has 2 atom stereocenters. The standard InChI is InChI=1S/C11H15Br2NO2S2/c1-7-3-4-14(6-9(7)12)18(15,16)10-5-8(2)11(13)17-10/h5,7,9H,3-4,6H2,1-2H3. The van der Waals surface area contributed by atoms with Crippen LogP contribution in [0.2, 0.25) is 0 Å². The Hall–Kier alpha value is 0.570. The molecular formula is C11H15Br2NO2S2. The fourth-order valence-electron chi connectivity index (χ4n) is 1.90. The maximum atomic E-state index is 12.5. The van der Waals surface area contributed by atoms with Crippen LogP contribution in [0, 0.1) is 12.8 Å². The average Bonchev–Trinajstić information content (AvgIpc) is 2.64. The number of hydrogen-bond acceptors (Lipinski definition) is 3. The number of sulfonamides is 1. The molecule has 0 bridgehead atoms. The van der Waals surface area contributed by atoms with E-state index in [0.29, 0.717) is 23.2 Å². The van der Waals surface area contributed by atoms with E-state index in [0.717, 1.165) is 15.8 Å². The molecule has 1 aliphatic rings. The lowest BCUT2D eigenvalue weighted by molar-refractivity contribution is 0.300. The number of piperidine rings is 1. The van der Waals surface area contributed by atoms with Crippen LogP contribution in [0.4, 0.5) is 0 Å². The van der Waals surface area contributed by atoms with Crippen LogP contribution in [0.1, 0.15) is 18.9 Å². The van der Waals surface area contributed by atoms with E-state index in [1.165, 1.54) is 11.3 Å². The minimum absolute atomic E-state index is 0.241. The number of halogens is 2. The van der Waals surface area contributed by atoms with Crippen LogP contribution in [-0.2, 0) is 10.0 Å². The fourth-order valence-corrected chi connectivity index (χ4v) is 6.57. The molecule has 0 radical (unpaired) electrons. The Balaban J connectivity index is 2.26. The van der Waals surface area contributed by atoms with E-state index >= 15 is 0 Å². The van der Waals surface area contributed by atoms with Crippen molar-refractivity contribution in [3.8, 4) is 0 Å². The van der Waals surface area contributed by atoms with Gasteiger partial charge in [0.05, 0.1) is 3.79 Å². The van der Waals surface area contributed by atoms with Gasteiger partial charge in [-0.1, -0.05) is 22.9 Å². The molecule has 0 N–H and O–H groups in total. The Kier molecular flexibility index (Phi) is 4.59. The van der Waals surface area contributed by atoms with Gasteiger partial charge in [-0.25, -0.2) is 8.42 Å². The Morgan fingerprint density at radius 2 is 2.17 bits per heavy atom. The molecule has 3 nitrogen and oxygen atoms in total. The molecule has 7 heteroatoms. The number of thiophene rings is 1. The summed E-state index contributed by atoms with van der Waals surface area (Å²) in [7, 11) is -3.33. The summed E-state index contributed by atoms with van der Waals surface area (Å²) >= 11 is 8.24. The third kappa shape index (κ3) is 2.85. The van der Waals surface area contributed by atoms with Gasteiger partial charge in [0.25, 0.3) is 10.0 Å². The highest BCUT2D eigenvalue weighted by atomic mass is 79.9. The second-order valence-electron chi connectivity index (χ2n) is 4.67. The lowest BCUT2D eigenvalue weighted by Crippen LogP contribution is -2.43. The van der Waals surface area contributed by atoms with Crippen molar-refractivity contribution in [1.82, 2.24) is 4.31 Å². The molecule has 2 unspecified atom stereocenters. The summed E-state index contributed by atoms with van der Waals surface area (Å²) in [5.74, 6) is 0.522. The van der Waals surface area contributed by atoms with Gasteiger partial charge in [0.15, 0.2) is 0 Å². The molecule has 102 valence electrons. The molecule has 1 aromatic heterocycles. The predicted molar refractivity (Wildman–Crippen MR) is 82.0 cm³/mol. The van der Waals surface area contributed by atoms with E-state index < -0.39 is 10.0 Å². The van der Waals surface area contributed by atoms with Crippen molar-refractivity contribution in [3.63, 3.8) is 0 Å². The zero-order valence-electron chi connectivity index (χ0n) is 10.2. The summed E-state index contributed by atoms with van der Waals surface area (Å²) in [6.07, 6.45) is 0.903. The van der Waals surface area contributed by atoms with Crippen LogP contribution in [0.5, 0.6) is 0 Å². The fraction of sp³-hybridized carbons (Fsp3) is 0.636. The topological polar surface area (TPSA) is 37.4 Å². The minimum Gasteiger partial charge on any atom is -0.206 e. The average molecular weight is 417 g/mol. The molecule has 2 heterocycles. The second kappa shape index (κ2) is 5.52. The van der Waals surface area contributed by atoms with Crippen LogP contribution in [-0.4, -0.2) is 30.6 Å². The van der Waals surface area contributed by atoms with Crippen LogP contribution in [0.3, 0.4) is 0 Å². The highest BCUT2D eigenvalue weighted by Gasteiger charge is 2.33. The van der Waals surface area contributed by atoms with Crippen molar-refractivity contribution in [3.05, 3.63) is 15.4 Å². The highest BCUT2D eigenvalue weighted by Crippen LogP contribution is 2.34. The molecule has 1 aromatic rings. The van der Waals surface area contributed by atoms with Gasteiger partial charge in [0.2, 0.25) is 0 Å². The lowest BCUT2D eigenvalue weighted by atomic mass is 10.0. The van der Waals surface area contributed by atoms with Crippen molar-refractivity contribution in [1.29, 1.82) is 0 Å². The summed E-state index contributed by atoms with van der Waals surface area (Å²) in [6.45, 7) is 5.22. The van der Waals surface area contributed by atoms with Crippen molar-refractivity contribution >= 4 is 53.2 Å². The van der Waals surface area contributed by atoms with Gasteiger partial charge in [-0.2, -0.15) is 4.31 Å². The van der Waals surface area contributed by atoms with Gasteiger partial charge in [-0.05, 0) is 46.8 Å². The molecule has 1 saturated heterocycles. The summed E-state index contributed by atoms with van der Waals surface area (Å²) in [5, 5.41) is 0. The summed E-state index contributed by atoms with van der Waals surface area (Å²) < 4.78 is 27.9. The largest absolute Gasteiger partial charge is 0.252 e.